The summed E-state index contributed by atoms with van der Waals surface area (Å²) in [6, 6.07) is 20.7. The number of carbonyl (C=O) groups excluding carboxylic acids is 1. The van der Waals surface area contributed by atoms with Gasteiger partial charge in [0.2, 0.25) is 0 Å². The fourth-order valence-corrected chi connectivity index (χ4v) is 5.68. The number of nitrogens with zero attached hydrogens (tertiary/aromatic N) is 4. The van der Waals surface area contributed by atoms with E-state index in [1.54, 1.807) is 24.7 Å². The number of rotatable bonds is 4. The van der Waals surface area contributed by atoms with Crippen molar-refractivity contribution in [2.75, 3.05) is 17.2 Å². The molecular formula is C33H42N6O4. The highest BCUT2D eigenvalue weighted by atomic mass is 16.4. The number of aliphatic hydroxyl groups is 1. The second-order valence-corrected chi connectivity index (χ2v) is 12.1. The third-order valence-electron chi connectivity index (χ3n) is 7.73. The van der Waals surface area contributed by atoms with Gasteiger partial charge in [-0.05, 0) is 65.5 Å². The first-order valence-electron chi connectivity index (χ1n) is 14.5. The van der Waals surface area contributed by atoms with E-state index in [2.05, 4.69) is 72.8 Å². The summed E-state index contributed by atoms with van der Waals surface area (Å²) in [4.78, 5) is 23.0. The van der Waals surface area contributed by atoms with Gasteiger partial charge in [0.1, 0.15) is 17.2 Å². The maximum atomic E-state index is 11.7. The number of benzene rings is 2. The molecule has 2 aliphatic rings. The summed E-state index contributed by atoms with van der Waals surface area (Å²) < 4.78 is 3.71. The van der Waals surface area contributed by atoms with E-state index in [1.165, 1.54) is 11.8 Å². The molecule has 4 heterocycles. The van der Waals surface area contributed by atoms with Gasteiger partial charge in [0, 0.05) is 6.61 Å². The Hall–Kier alpha value is -4.44. The molecule has 4 N–H and O–H groups in total. The van der Waals surface area contributed by atoms with Gasteiger partial charge in [0.25, 0.3) is 0 Å². The van der Waals surface area contributed by atoms with Gasteiger partial charge in [-0.2, -0.15) is 10.2 Å². The molecule has 2 aromatic carbocycles. The molecule has 0 spiro atoms. The Labute approximate surface area is 252 Å². The zero-order valence-corrected chi connectivity index (χ0v) is 25.7. The summed E-state index contributed by atoms with van der Waals surface area (Å²) >= 11 is 0. The van der Waals surface area contributed by atoms with Crippen molar-refractivity contribution >= 4 is 23.4 Å². The second-order valence-electron chi connectivity index (χ2n) is 12.1. The van der Waals surface area contributed by atoms with Crippen molar-refractivity contribution in [2.24, 2.45) is 0 Å². The number of Topliss-reactive ketones (excluding diaryl/α,β-unsaturated/α-hetero) is 1. The first-order chi connectivity index (χ1) is 20.4. The van der Waals surface area contributed by atoms with Crippen LogP contribution in [0.3, 0.4) is 0 Å². The molecule has 0 amide bonds. The lowest BCUT2D eigenvalue weighted by atomic mass is 9.89. The van der Waals surface area contributed by atoms with E-state index >= 15 is 0 Å². The first-order valence-corrected chi connectivity index (χ1v) is 14.5. The minimum atomic E-state index is -0.955. The molecule has 2 aliphatic heterocycles. The highest BCUT2D eigenvalue weighted by Gasteiger charge is 2.37. The smallest absolute Gasteiger partial charge is 0.341 e. The molecule has 4 aromatic rings. The molecule has 6 rings (SSSR count). The maximum Gasteiger partial charge on any atom is 0.341 e. The third kappa shape index (κ3) is 6.80. The van der Waals surface area contributed by atoms with Crippen LogP contribution in [0.4, 0.5) is 11.6 Å². The SMILES string of the molecule is CC(=O)c1cnn2c1NC(c1ccccc1)CC2(C)C.CC1(C)CC(c2ccccc2)Nc2c(C(=O)O)cnn21.CCO. The number of ketones is 1. The molecule has 0 saturated carbocycles. The summed E-state index contributed by atoms with van der Waals surface area (Å²) in [5.41, 5.74) is 2.94. The number of fused-ring (bicyclic) bond motifs is 2. The Balaban J connectivity index is 0.000000181. The third-order valence-corrected chi connectivity index (χ3v) is 7.73. The first kappa shape index (κ1) is 31.5. The number of nitrogens with one attached hydrogen (secondary N) is 2. The van der Waals surface area contributed by atoms with Gasteiger partial charge >= 0.3 is 5.97 Å². The predicted octanol–water partition coefficient (Wildman–Crippen LogP) is 6.25. The lowest BCUT2D eigenvalue weighted by Crippen LogP contribution is -2.38. The Morgan fingerprint density at radius 3 is 1.53 bits per heavy atom. The van der Waals surface area contributed by atoms with Gasteiger partial charge in [-0.3, -0.25) is 4.79 Å². The van der Waals surface area contributed by atoms with Crippen LogP contribution >= 0.6 is 0 Å². The van der Waals surface area contributed by atoms with Crippen LogP contribution in [0.1, 0.15) is 98.3 Å². The Morgan fingerprint density at radius 2 is 1.16 bits per heavy atom. The molecule has 228 valence electrons. The number of carboxylic acid groups (broad SMARTS) is 1. The second kappa shape index (κ2) is 12.8. The van der Waals surface area contributed by atoms with Crippen LogP contribution in [-0.2, 0) is 11.1 Å². The Kier molecular flexibility index (Phi) is 9.40. The quantitative estimate of drug-likeness (QED) is 0.206. The molecule has 0 fully saturated rings. The van der Waals surface area contributed by atoms with Crippen molar-refractivity contribution in [3.8, 4) is 0 Å². The molecule has 0 radical (unpaired) electrons. The number of hydrogen-bond donors (Lipinski definition) is 4. The van der Waals surface area contributed by atoms with E-state index in [0.717, 1.165) is 24.2 Å². The number of hydrogen-bond acceptors (Lipinski definition) is 7. The number of anilines is 2. The summed E-state index contributed by atoms with van der Waals surface area (Å²) in [5, 5.41) is 32.3. The van der Waals surface area contributed by atoms with Gasteiger partial charge in [-0.25, -0.2) is 14.2 Å². The van der Waals surface area contributed by atoms with E-state index in [9.17, 15) is 14.7 Å². The average molecular weight is 587 g/mol. The largest absolute Gasteiger partial charge is 0.477 e. The topological polar surface area (TPSA) is 134 Å². The zero-order chi connectivity index (χ0) is 31.4. The highest BCUT2D eigenvalue weighted by Crippen LogP contribution is 2.41. The van der Waals surface area contributed by atoms with Crippen LogP contribution < -0.4 is 10.6 Å². The average Bonchev–Trinajstić information content (AvgIpc) is 3.60. The van der Waals surface area contributed by atoms with E-state index in [-0.39, 0.29) is 41.1 Å². The van der Waals surface area contributed by atoms with Gasteiger partial charge in [0.15, 0.2) is 5.78 Å². The minimum absolute atomic E-state index is 0.0447. The Bertz CT molecular complexity index is 1430. The molecule has 10 heteroatoms. The summed E-state index contributed by atoms with van der Waals surface area (Å²) in [6.45, 7) is 12.0. The minimum Gasteiger partial charge on any atom is -0.477 e. The lowest BCUT2D eigenvalue weighted by Gasteiger charge is -2.38. The molecule has 10 nitrogen and oxygen atoms in total. The van der Waals surface area contributed by atoms with Crippen LogP contribution in [0.25, 0.3) is 0 Å². The van der Waals surface area contributed by atoms with Crippen molar-refractivity contribution in [1.82, 2.24) is 19.6 Å². The normalized spacial score (nSPS) is 19.0. The number of aliphatic hydroxyl groups excluding tert-OH is 1. The van der Waals surface area contributed by atoms with Crippen LogP contribution in [0, 0.1) is 0 Å². The van der Waals surface area contributed by atoms with Gasteiger partial charge in [0.05, 0.1) is 41.1 Å². The molecular weight excluding hydrogens is 544 g/mol. The summed E-state index contributed by atoms with van der Waals surface area (Å²) in [6.07, 6.45) is 4.87. The standard InChI is InChI=1S/C16H19N3O.C15H17N3O2.C2H6O/c1-11(20)13-10-17-19-15(13)18-14(9-16(19,2)3)12-7-5-4-6-8-12;1-15(2)8-12(10-6-4-3-5-7-10)17-13-11(14(19)20)9-16-18(13)15;1-2-3/h4-8,10,14,18H,9H2,1-3H3;3-7,9,12,17H,8H2,1-2H3,(H,19,20);3H,2H2,1H3. The van der Waals surface area contributed by atoms with E-state index in [1.807, 2.05) is 41.1 Å². The van der Waals surface area contributed by atoms with E-state index < -0.39 is 5.97 Å². The lowest BCUT2D eigenvalue weighted by molar-refractivity contribution is 0.0697. The van der Waals surface area contributed by atoms with Gasteiger partial charge in [-0.1, -0.05) is 60.7 Å². The maximum absolute atomic E-state index is 11.7. The van der Waals surface area contributed by atoms with Gasteiger partial charge < -0.3 is 20.8 Å². The van der Waals surface area contributed by atoms with Gasteiger partial charge in [-0.15, -0.1) is 0 Å². The molecule has 2 unspecified atom stereocenters. The molecule has 0 aliphatic carbocycles. The molecule has 2 aromatic heterocycles. The number of aromatic carboxylic acids is 1. The highest BCUT2D eigenvalue weighted by molar-refractivity contribution is 5.98. The molecule has 43 heavy (non-hydrogen) atoms. The van der Waals surface area contributed by atoms with Crippen molar-refractivity contribution in [3.63, 3.8) is 0 Å². The molecule has 0 bridgehead atoms. The van der Waals surface area contributed by atoms with Crippen LogP contribution in [0.2, 0.25) is 0 Å². The molecule has 0 saturated heterocycles. The number of carbonyl (C=O) groups is 2. The van der Waals surface area contributed by atoms with Crippen molar-refractivity contribution in [3.05, 3.63) is 95.3 Å². The molecule has 2 atom stereocenters. The van der Waals surface area contributed by atoms with Crippen molar-refractivity contribution < 1.29 is 19.8 Å². The summed E-state index contributed by atoms with van der Waals surface area (Å²) in [7, 11) is 0. The van der Waals surface area contributed by atoms with E-state index in [4.69, 9.17) is 5.11 Å². The van der Waals surface area contributed by atoms with Crippen LogP contribution in [0.5, 0.6) is 0 Å². The number of aromatic nitrogens is 4. The fraction of sp³-hybridized carbons (Fsp3) is 0.394. The predicted molar refractivity (Wildman–Crippen MR) is 168 cm³/mol. The monoisotopic (exact) mass is 586 g/mol. The van der Waals surface area contributed by atoms with E-state index in [0.29, 0.717) is 11.4 Å². The summed E-state index contributed by atoms with van der Waals surface area (Å²) in [5.74, 6) is 0.511. The van der Waals surface area contributed by atoms with Crippen LogP contribution in [-0.4, -0.2) is 48.1 Å². The fourth-order valence-electron chi connectivity index (χ4n) is 5.68. The number of carboxylic acids is 1. The van der Waals surface area contributed by atoms with Crippen molar-refractivity contribution in [2.45, 2.75) is 77.5 Å². The van der Waals surface area contributed by atoms with Crippen LogP contribution in [0.15, 0.2) is 73.1 Å². The zero-order valence-electron chi connectivity index (χ0n) is 25.7. The Morgan fingerprint density at radius 1 is 0.791 bits per heavy atom. The van der Waals surface area contributed by atoms with Crippen molar-refractivity contribution in [1.29, 1.82) is 0 Å².